The van der Waals surface area contributed by atoms with Crippen LogP contribution in [-0.4, -0.2) is 21.2 Å². The zero-order valence-corrected chi connectivity index (χ0v) is 14.8. The third kappa shape index (κ3) is 5.99. The number of aliphatic hydroxyl groups is 1. The van der Waals surface area contributed by atoms with Gasteiger partial charge in [-0.2, -0.15) is 0 Å². The molecule has 0 unspecified atom stereocenters. The van der Waals surface area contributed by atoms with Crippen LogP contribution in [0.5, 0.6) is 0 Å². The Balaban J connectivity index is 2.71. The average molecular weight is 331 g/mol. The number of carbonyl (C=O) groups excluding carboxylic acids is 1. The second-order valence-corrected chi connectivity index (χ2v) is 7.76. The van der Waals surface area contributed by atoms with Gasteiger partial charge in [-0.05, 0) is 18.6 Å². The Morgan fingerprint density at radius 2 is 1.95 bits per heavy atom. The van der Waals surface area contributed by atoms with Gasteiger partial charge in [0.05, 0.1) is 12.0 Å². The van der Waals surface area contributed by atoms with Crippen LogP contribution in [0.2, 0.25) is 0 Å². The lowest BCUT2D eigenvalue weighted by Gasteiger charge is -2.21. The maximum absolute atomic E-state index is 12.2. The molecule has 5 heteroatoms. The lowest BCUT2D eigenvalue weighted by Crippen LogP contribution is -2.12. The van der Waals surface area contributed by atoms with Gasteiger partial charge in [-0.3, -0.25) is 4.79 Å². The van der Waals surface area contributed by atoms with Crippen molar-refractivity contribution < 1.29 is 14.1 Å². The van der Waals surface area contributed by atoms with E-state index in [1.54, 1.807) is 0 Å². The molecular weight excluding hydrogens is 304 g/mol. The van der Waals surface area contributed by atoms with Crippen molar-refractivity contribution in [3.8, 4) is 0 Å². The number of hydrogen-bond acceptors (Lipinski definition) is 5. The smallest absolute Gasteiger partial charge is 0.226 e. The summed E-state index contributed by atoms with van der Waals surface area (Å²) in [6.45, 7) is 9.46. The zero-order chi connectivity index (χ0) is 15.8. The van der Waals surface area contributed by atoms with Crippen LogP contribution in [0.1, 0.15) is 52.9 Å². The first-order valence-corrected chi connectivity index (χ1v) is 9.39. The van der Waals surface area contributed by atoms with Crippen LogP contribution in [0, 0.1) is 5.92 Å². The van der Waals surface area contributed by atoms with Gasteiger partial charge in [0.1, 0.15) is 17.1 Å². The molecule has 0 heterocycles. The monoisotopic (exact) mass is 330 g/mol. The third-order valence-corrected chi connectivity index (χ3v) is 5.19. The molecule has 0 aromatic heterocycles. The highest BCUT2D eigenvalue weighted by molar-refractivity contribution is 8.14. The van der Waals surface area contributed by atoms with Crippen molar-refractivity contribution in [2.75, 3.05) is 5.75 Å². The van der Waals surface area contributed by atoms with Crippen molar-refractivity contribution in [3.63, 3.8) is 0 Å². The molecule has 3 nitrogen and oxygen atoms in total. The van der Waals surface area contributed by atoms with Crippen LogP contribution in [0.3, 0.4) is 0 Å². The minimum atomic E-state index is -0.169. The fourth-order valence-corrected chi connectivity index (χ4v) is 3.67. The van der Waals surface area contributed by atoms with Crippen molar-refractivity contribution in [2.45, 2.75) is 58.1 Å². The fourth-order valence-electron chi connectivity index (χ4n) is 2.18. The van der Waals surface area contributed by atoms with Crippen molar-refractivity contribution in [1.82, 2.24) is 0 Å². The van der Waals surface area contributed by atoms with Crippen molar-refractivity contribution in [3.05, 3.63) is 23.7 Å². The number of aliphatic hydroxyl groups excluding tert-OH is 1. The quantitative estimate of drug-likeness (QED) is 0.299. The van der Waals surface area contributed by atoms with Crippen molar-refractivity contribution in [1.29, 1.82) is 0 Å². The normalized spacial score (nSPS) is 17.5. The Kier molecular flexibility index (Phi) is 8.34. The van der Waals surface area contributed by atoms with E-state index in [9.17, 15) is 9.90 Å². The Hall–Kier alpha value is -0.550. The van der Waals surface area contributed by atoms with Crippen LogP contribution in [0.25, 0.3) is 0 Å². The first-order chi connectivity index (χ1) is 9.97. The molecule has 0 aromatic carbocycles. The summed E-state index contributed by atoms with van der Waals surface area (Å²) in [6.07, 6.45) is 6.05. The second-order valence-electron chi connectivity index (χ2n) is 5.50. The van der Waals surface area contributed by atoms with Gasteiger partial charge in [0.15, 0.2) is 0 Å². The maximum atomic E-state index is 12.2. The molecule has 0 atom stereocenters. The summed E-state index contributed by atoms with van der Waals surface area (Å²) in [5.74, 6) is 0.885. The van der Waals surface area contributed by atoms with E-state index < -0.39 is 0 Å². The van der Waals surface area contributed by atoms with Crippen LogP contribution in [0.4, 0.5) is 0 Å². The predicted molar refractivity (Wildman–Crippen MR) is 92.3 cm³/mol. The molecule has 1 aliphatic carbocycles. The highest BCUT2D eigenvalue weighted by atomic mass is 32.2. The molecule has 0 saturated heterocycles. The largest absolute Gasteiger partial charge is 0.511 e. The SMILES string of the molecule is C=C(OSC1CCCCC1)/C(C(=O)SCC)=C(\O)C(C)C. The third-order valence-electron chi connectivity index (χ3n) is 3.40. The van der Waals surface area contributed by atoms with E-state index in [1.807, 2.05) is 20.8 Å². The minimum absolute atomic E-state index is 0.0650. The molecule has 1 fully saturated rings. The van der Waals surface area contributed by atoms with Gasteiger partial charge in [-0.25, -0.2) is 0 Å². The number of allylic oxidation sites excluding steroid dienone is 2. The molecule has 21 heavy (non-hydrogen) atoms. The van der Waals surface area contributed by atoms with E-state index in [4.69, 9.17) is 4.18 Å². The Morgan fingerprint density at radius 1 is 1.33 bits per heavy atom. The molecular formula is C16H26O3S2. The van der Waals surface area contributed by atoms with E-state index in [1.165, 1.54) is 43.1 Å². The average Bonchev–Trinajstić information content (AvgIpc) is 2.46. The summed E-state index contributed by atoms with van der Waals surface area (Å²) in [6, 6.07) is 0. The first kappa shape index (κ1) is 18.5. The molecule has 0 aliphatic heterocycles. The Bertz CT molecular complexity index is 396. The molecule has 1 N–H and O–H groups in total. The van der Waals surface area contributed by atoms with Crippen LogP contribution >= 0.6 is 23.8 Å². The van der Waals surface area contributed by atoms with Crippen LogP contribution in [0.15, 0.2) is 23.7 Å². The minimum Gasteiger partial charge on any atom is -0.511 e. The number of hydrogen-bond donors (Lipinski definition) is 1. The lowest BCUT2D eigenvalue weighted by atomic mass is 10.0. The molecule has 1 saturated carbocycles. The predicted octanol–water partition coefficient (Wildman–Crippen LogP) is 5.25. The summed E-state index contributed by atoms with van der Waals surface area (Å²) >= 11 is 2.56. The number of thioether (sulfide) groups is 1. The summed E-state index contributed by atoms with van der Waals surface area (Å²) in [5.41, 5.74) is 0.236. The van der Waals surface area contributed by atoms with Gasteiger partial charge in [0.25, 0.3) is 0 Å². The Labute approximate surface area is 136 Å². The van der Waals surface area contributed by atoms with E-state index in [0.29, 0.717) is 11.0 Å². The Morgan fingerprint density at radius 3 is 2.48 bits per heavy atom. The van der Waals surface area contributed by atoms with Crippen LogP contribution < -0.4 is 0 Å². The number of rotatable bonds is 7. The molecule has 0 aromatic rings. The summed E-state index contributed by atoms with van der Waals surface area (Å²) in [5, 5.41) is 10.5. The van der Waals surface area contributed by atoms with E-state index in [2.05, 4.69) is 6.58 Å². The highest BCUT2D eigenvalue weighted by Gasteiger charge is 2.23. The van der Waals surface area contributed by atoms with Crippen molar-refractivity contribution in [2.24, 2.45) is 5.92 Å². The van der Waals surface area contributed by atoms with Gasteiger partial charge in [-0.1, -0.05) is 58.4 Å². The van der Waals surface area contributed by atoms with Gasteiger partial charge in [0.2, 0.25) is 5.12 Å². The van der Waals surface area contributed by atoms with Gasteiger partial charge < -0.3 is 9.29 Å². The molecule has 0 radical (unpaired) electrons. The summed E-state index contributed by atoms with van der Waals surface area (Å²) in [7, 11) is 0. The molecule has 0 bridgehead atoms. The second kappa shape index (κ2) is 9.46. The maximum Gasteiger partial charge on any atom is 0.226 e. The molecule has 0 spiro atoms. The van der Waals surface area contributed by atoms with Gasteiger partial charge in [0, 0.05) is 11.2 Å². The van der Waals surface area contributed by atoms with E-state index >= 15 is 0 Å². The topological polar surface area (TPSA) is 46.5 Å². The van der Waals surface area contributed by atoms with Gasteiger partial charge >= 0.3 is 0 Å². The fraction of sp³-hybridized carbons (Fsp3) is 0.688. The summed E-state index contributed by atoms with van der Waals surface area (Å²) in [4.78, 5) is 12.2. The van der Waals surface area contributed by atoms with Crippen molar-refractivity contribution >= 4 is 28.9 Å². The van der Waals surface area contributed by atoms with E-state index in [-0.39, 0.29) is 28.1 Å². The highest BCUT2D eigenvalue weighted by Crippen LogP contribution is 2.33. The first-order valence-electron chi connectivity index (χ1n) is 7.60. The molecule has 120 valence electrons. The number of carbonyl (C=O) groups is 1. The van der Waals surface area contributed by atoms with E-state index in [0.717, 1.165) is 12.8 Å². The zero-order valence-electron chi connectivity index (χ0n) is 13.2. The van der Waals surface area contributed by atoms with Crippen LogP contribution in [-0.2, 0) is 8.98 Å². The molecule has 1 aliphatic rings. The molecule has 0 amide bonds. The lowest BCUT2D eigenvalue weighted by molar-refractivity contribution is -0.108. The standard InChI is InChI=1S/C16H26O3S2/c1-5-20-16(18)14(15(17)11(2)3)12(4)19-21-13-9-7-6-8-10-13/h11,13,17H,4-10H2,1-3H3/b15-14+. The summed E-state index contributed by atoms with van der Waals surface area (Å²) < 4.78 is 5.65. The van der Waals surface area contributed by atoms with Gasteiger partial charge in [-0.15, -0.1) is 0 Å². The molecule has 1 rings (SSSR count).